The predicted octanol–water partition coefficient (Wildman–Crippen LogP) is 2.11. The summed E-state index contributed by atoms with van der Waals surface area (Å²) < 4.78 is 16.2. The van der Waals surface area contributed by atoms with Gasteiger partial charge in [0.15, 0.2) is 0 Å². The number of nitrogens with one attached hydrogen (secondary N) is 1. The fraction of sp³-hybridized carbons (Fsp3) is 0.235. The van der Waals surface area contributed by atoms with E-state index < -0.39 is 11.9 Å². The summed E-state index contributed by atoms with van der Waals surface area (Å²) in [6, 6.07) is 7.53. The van der Waals surface area contributed by atoms with E-state index in [1.54, 1.807) is 13.2 Å². The molecule has 2 heterocycles. The molecule has 1 atom stereocenters. The lowest BCUT2D eigenvalue weighted by atomic mass is 9.83. The molecule has 1 aromatic carbocycles. The first-order valence-electron chi connectivity index (χ1n) is 7.55. The Labute approximate surface area is 157 Å². The van der Waals surface area contributed by atoms with Gasteiger partial charge < -0.3 is 19.9 Å². The first-order valence-corrected chi connectivity index (χ1v) is 8.34. The number of halogens is 1. The minimum Gasteiger partial charge on any atom is -0.496 e. The third kappa shape index (κ3) is 2.99. The van der Waals surface area contributed by atoms with E-state index in [2.05, 4.69) is 32.2 Å². The lowest BCUT2D eigenvalue weighted by molar-refractivity contribution is -0.139. The van der Waals surface area contributed by atoms with E-state index in [9.17, 15) is 10.1 Å². The minimum atomic E-state index is -0.538. The van der Waals surface area contributed by atoms with Crippen molar-refractivity contribution in [3.05, 3.63) is 50.9 Å². The lowest BCUT2D eigenvalue weighted by Crippen LogP contribution is -2.22. The molecular formula is C17H15BrN4O4. The van der Waals surface area contributed by atoms with Gasteiger partial charge in [-0.05, 0) is 33.6 Å². The quantitative estimate of drug-likeness (QED) is 0.728. The number of nitrogens with zero attached hydrogens (tertiary/aromatic N) is 2. The van der Waals surface area contributed by atoms with Crippen molar-refractivity contribution in [1.82, 2.24) is 10.2 Å². The van der Waals surface area contributed by atoms with Gasteiger partial charge >= 0.3 is 5.97 Å². The molecule has 26 heavy (non-hydrogen) atoms. The van der Waals surface area contributed by atoms with Gasteiger partial charge in [0.2, 0.25) is 11.8 Å². The van der Waals surface area contributed by atoms with Crippen LogP contribution in [0.25, 0.3) is 0 Å². The maximum atomic E-state index is 11.7. The molecule has 0 fully saturated rings. The van der Waals surface area contributed by atoms with E-state index in [0.717, 1.165) is 10.0 Å². The molecule has 134 valence electrons. The normalized spacial score (nSPS) is 15.7. The number of H-pyrrole nitrogens is 1. The third-order valence-electron chi connectivity index (χ3n) is 4.08. The number of carbonyl (C=O) groups is 1. The van der Waals surface area contributed by atoms with Gasteiger partial charge in [0.05, 0.1) is 42.3 Å². The van der Waals surface area contributed by atoms with E-state index in [0.29, 0.717) is 17.0 Å². The summed E-state index contributed by atoms with van der Waals surface area (Å²) in [4.78, 5) is 11.7. The van der Waals surface area contributed by atoms with Gasteiger partial charge in [-0.1, -0.05) is 6.07 Å². The first-order chi connectivity index (χ1) is 12.5. The second-order valence-corrected chi connectivity index (χ2v) is 6.35. The Bertz CT molecular complexity index is 945. The van der Waals surface area contributed by atoms with E-state index in [1.165, 1.54) is 7.11 Å². The summed E-state index contributed by atoms with van der Waals surface area (Å²) in [5, 5.41) is 16.5. The Morgan fingerprint density at radius 3 is 2.88 bits per heavy atom. The number of carbonyl (C=O) groups excluding carboxylic acids is 1. The molecular weight excluding hydrogens is 404 g/mol. The predicted molar refractivity (Wildman–Crippen MR) is 94.3 cm³/mol. The van der Waals surface area contributed by atoms with Crippen LogP contribution in [0.1, 0.15) is 22.7 Å². The number of aromatic nitrogens is 2. The molecule has 0 saturated carbocycles. The average molecular weight is 419 g/mol. The smallest absolute Gasteiger partial charge is 0.311 e. The Kier molecular flexibility index (Phi) is 4.86. The number of fused-ring (bicyclic) bond motifs is 1. The highest BCUT2D eigenvalue weighted by atomic mass is 79.9. The van der Waals surface area contributed by atoms with Crippen molar-refractivity contribution in [2.75, 3.05) is 14.2 Å². The van der Waals surface area contributed by atoms with Crippen molar-refractivity contribution in [2.24, 2.45) is 5.73 Å². The molecule has 3 N–H and O–H groups in total. The van der Waals surface area contributed by atoms with E-state index >= 15 is 0 Å². The van der Waals surface area contributed by atoms with E-state index in [1.807, 2.05) is 12.1 Å². The number of methoxy groups -OCH3 is 2. The molecule has 0 amide bonds. The summed E-state index contributed by atoms with van der Waals surface area (Å²) in [6.45, 7) is 0. The van der Waals surface area contributed by atoms with Crippen LogP contribution in [-0.4, -0.2) is 30.4 Å². The highest BCUT2D eigenvalue weighted by molar-refractivity contribution is 9.10. The maximum absolute atomic E-state index is 11.7. The van der Waals surface area contributed by atoms with Crippen LogP contribution < -0.4 is 15.2 Å². The van der Waals surface area contributed by atoms with Crippen molar-refractivity contribution in [1.29, 1.82) is 5.26 Å². The van der Waals surface area contributed by atoms with Crippen molar-refractivity contribution in [2.45, 2.75) is 12.3 Å². The Hall–Kier alpha value is -2.99. The molecule has 0 unspecified atom stereocenters. The monoisotopic (exact) mass is 418 g/mol. The van der Waals surface area contributed by atoms with Crippen LogP contribution in [0.4, 0.5) is 0 Å². The Morgan fingerprint density at radius 2 is 2.27 bits per heavy atom. The second-order valence-electron chi connectivity index (χ2n) is 5.49. The number of esters is 1. The van der Waals surface area contributed by atoms with Crippen LogP contribution in [0, 0.1) is 11.3 Å². The standard InChI is InChI=1S/C17H15BrN4O4/c1-24-12-4-3-8(5-10(12)18)14-9(7-19)16(20)26-17-15(14)11(21-22-17)6-13(23)25-2/h3-5,14H,6,20H2,1-2H3,(H,21,22)/t14-/m0/s1. The minimum absolute atomic E-state index is 0.0203. The van der Waals surface area contributed by atoms with Crippen LogP contribution in [0.2, 0.25) is 0 Å². The molecule has 9 heteroatoms. The topological polar surface area (TPSA) is 123 Å². The van der Waals surface area contributed by atoms with Gasteiger partial charge in [0, 0.05) is 0 Å². The lowest BCUT2D eigenvalue weighted by Gasteiger charge is -2.24. The Balaban J connectivity index is 2.16. The molecule has 0 bridgehead atoms. The number of nitriles is 1. The number of ether oxygens (including phenoxy) is 3. The summed E-state index contributed by atoms with van der Waals surface area (Å²) in [5.41, 5.74) is 8.01. The molecule has 0 spiro atoms. The number of benzene rings is 1. The fourth-order valence-corrected chi connectivity index (χ4v) is 3.41. The molecule has 1 aromatic heterocycles. The van der Waals surface area contributed by atoms with Crippen LogP contribution in [-0.2, 0) is 16.0 Å². The molecule has 8 nitrogen and oxygen atoms in total. The zero-order chi connectivity index (χ0) is 18.8. The second kappa shape index (κ2) is 7.09. The molecule has 1 aliphatic heterocycles. The van der Waals surface area contributed by atoms with Crippen molar-refractivity contribution < 1.29 is 19.0 Å². The number of hydrogen-bond donors (Lipinski definition) is 2. The Morgan fingerprint density at radius 1 is 1.50 bits per heavy atom. The van der Waals surface area contributed by atoms with Crippen molar-refractivity contribution in [3.63, 3.8) is 0 Å². The molecule has 2 aromatic rings. The third-order valence-corrected chi connectivity index (χ3v) is 4.70. The molecule has 3 rings (SSSR count). The zero-order valence-corrected chi connectivity index (χ0v) is 15.6. The summed E-state index contributed by atoms with van der Waals surface area (Å²) in [7, 11) is 2.87. The van der Waals surface area contributed by atoms with Crippen LogP contribution in [0.3, 0.4) is 0 Å². The summed E-state index contributed by atoms with van der Waals surface area (Å²) in [6.07, 6.45) is -0.0331. The maximum Gasteiger partial charge on any atom is 0.311 e. The number of aromatic amines is 1. The molecule has 1 aliphatic rings. The van der Waals surface area contributed by atoms with Gasteiger partial charge in [-0.3, -0.25) is 9.89 Å². The number of nitrogens with two attached hydrogens (primary N) is 1. The highest BCUT2D eigenvalue weighted by Crippen LogP contribution is 2.44. The van der Waals surface area contributed by atoms with Gasteiger partial charge in [-0.2, -0.15) is 5.26 Å². The average Bonchev–Trinajstić information content (AvgIpc) is 3.02. The van der Waals surface area contributed by atoms with Gasteiger partial charge in [-0.15, -0.1) is 5.10 Å². The SMILES string of the molecule is COC(=O)Cc1[nH]nc2c1[C@@H](c1ccc(OC)c(Br)c1)C(C#N)=C(N)O2. The summed E-state index contributed by atoms with van der Waals surface area (Å²) >= 11 is 3.45. The van der Waals surface area contributed by atoms with Gasteiger partial charge in [0.1, 0.15) is 17.4 Å². The van der Waals surface area contributed by atoms with Crippen LogP contribution in [0.5, 0.6) is 11.6 Å². The van der Waals surface area contributed by atoms with E-state index in [4.69, 9.17) is 19.9 Å². The zero-order valence-electron chi connectivity index (χ0n) is 14.0. The number of rotatable bonds is 4. The van der Waals surface area contributed by atoms with Crippen LogP contribution >= 0.6 is 15.9 Å². The number of allylic oxidation sites excluding steroid dienone is 1. The van der Waals surface area contributed by atoms with Crippen molar-refractivity contribution >= 4 is 21.9 Å². The number of hydrogen-bond acceptors (Lipinski definition) is 7. The first kappa shape index (κ1) is 17.8. The van der Waals surface area contributed by atoms with Crippen LogP contribution in [0.15, 0.2) is 34.1 Å². The molecule has 0 radical (unpaired) electrons. The van der Waals surface area contributed by atoms with E-state index in [-0.39, 0.29) is 23.8 Å². The van der Waals surface area contributed by atoms with Crippen molar-refractivity contribution in [3.8, 4) is 17.7 Å². The largest absolute Gasteiger partial charge is 0.496 e. The fourth-order valence-electron chi connectivity index (χ4n) is 2.86. The molecule has 0 aliphatic carbocycles. The van der Waals surface area contributed by atoms with Gasteiger partial charge in [-0.25, -0.2) is 0 Å². The highest BCUT2D eigenvalue weighted by Gasteiger charge is 2.35. The van der Waals surface area contributed by atoms with Gasteiger partial charge in [0.25, 0.3) is 0 Å². The molecule has 0 saturated heterocycles. The summed E-state index contributed by atoms with van der Waals surface area (Å²) in [5.74, 6) is -0.111.